The molecule has 2 aromatic rings. The molecule has 0 spiro atoms. The van der Waals surface area contributed by atoms with Crippen molar-refractivity contribution in [1.82, 2.24) is 20.2 Å². The van der Waals surface area contributed by atoms with Gasteiger partial charge < -0.3 is 10.2 Å². The van der Waals surface area contributed by atoms with Crippen LogP contribution in [0, 0.1) is 5.92 Å². The fourth-order valence-corrected chi connectivity index (χ4v) is 3.65. The van der Waals surface area contributed by atoms with Crippen LogP contribution < -0.4 is 5.32 Å². The Hall–Kier alpha value is -2.28. The maximum atomic E-state index is 12.3. The number of aryl methyl sites for hydroxylation is 1. The third-order valence-corrected chi connectivity index (χ3v) is 5.29. The number of hydrogen-bond donors (Lipinski definition) is 1. The highest BCUT2D eigenvalue weighted by atomic mass is 32.1. The fourth-order valence-electron chi connectivity index (χ4n) is 2.87. The second kappa shape index (κ2) is 8.20. The van der Waals surface area contributed by atoms with Gasteiger partial charge in [0, 0.05) is 37.5 Å². The quantitative estimate of drug-likeness (QED) is 0.819. The summed E-state index contributed by atoms with van der Waals surface area (Å²) in [5.74, 6) is -0.321. The number of amides is 2. The van der Waals surface area contributed by atoms with E-state index in [1.54, 1.807) is 22.4 Å². The molecule has 1 aliphatic heterocycles. The molecule has 25 heavy (non-hydrogen) atoms. The molecule has 1 fully saturated rings. The molecule has 1 saturated heterocycles. The van der Waals surface area contributed by atoms with E-state index in [2.05, 4.69) is 22.2 Å². The van der Waals surface area contributed by atoms with Crippen LogP contribution in [0.1, 0.15) is 29.7 Å². The van der Waals surface area contributed by atoms with E-state index in [-0.39, 0.29) is 24.2 Å². The van der Waals surface area contributed by atoms with Crippen molar-refractivity contribution in [1.29, 1.82) is 0 Å². The lowest BCUT2D eigenvalue weighted by atomic mass is 10.1. The zero-order valence-electron chi connectivity index (χ0n) is 14.3. The molecule has 1 aliphatic rings. The van der Waals surface area contributed by atoms with E-state index in [9.17, 15) is 9.59 Å². The van der Waals surface area contributed by atoms with Gasteiger partial charge in [0.05, 0.1) is 28.9 Å². The molecule has 0 aromatic carbocycles. The molecule has 3 heterocycles. The van der Waals surface area contributed by atoms with Crippen LogP contribution in [0.5, 0.6) is 0 Å². The topological polar surface area (TPSA) is 75.2 Å². The van der Waals surface area contributed by atoms with E-state index in [1.165, 1.54) is 0 Å². The number of likely N-dealkylation sites (tertiary alicyclic amines) is 1. The summed E-state index contributed by atoms with van der Waals surface area (Å²) in [6.45, 7) is 3.55. The van der Waals surface area contributed by atoms with Gasteiger partial charge in [-0.15, -0.1) is 11.3 Å². The average molecular weight is 358 g/mol. The van der Waals surface area contributed by atoms with E-state index < -0.39 is 0 Å². The molecular formula is C18H22N4O2S. The first kappa shape index (κ1) is 17.5. The van der Waals surface area contributed by atoms with Crippen LogP contribution in [0.4, 0.5) is 0 Å². The first-order chi connectivity index (χ1) is 12.2. The van der Waals surface area contributed by atoms with Gasteiger partial charge in [0.15, 0.2) is 0 Å². The molecule has 3 rings (SSSR count). The van der Waals surface area contributed by atoms with Gasteiger partial charge >= 0.3 is 0 Å². The molecule has 2 amide bonds. The van der Waals surface area contributed by atoms with E-state index >= 15 is 0 Å². The smallest absolute Gasteiger partial charge is 0.225 e. The molecule has 7 heteroatoms. The zero-order valence-corrected chi connectivity index (χ0v) is 15.1. The lowest BCUT2D eigenvalue weighted by Gasteiger charge is -2.16. The summed E-state index contributed by atoms with van der Waals surface area (Å²) in [7, 11) is 0. The third-order valence-electron chi connectivity index (χ3n) is 4.25. The van der Waals surface area contributed by atoms with Gasteiger partial charge in [-0.3, -0.25) is 14.6 Å². The molecule has 1 atom stereocenters. The molecule has 0 bridgehead atoms. The van der Waals surface area contributed by atoms with E-state index in [0.717, 1.165) is 29.2 Å². The Balaban J connectivity index is 1.45. The van der Waals surface area contributed by atoms with Gasteiger partial charge in [0.1, 0.15) is 0 Å². The van der Waals surface area contributed by atoms with E-state index in [1.807, 2.05) is 23.6 Å². The zero-order chi connectivity index (χ0) is 17.6. The van der Waals surface area contributed by atoms with Crippen molar-refractivity contribution in [2.24, 2.45) is 5.92 Å². The molecule has 0 radical (unpaired) electrons. The minimum atomic E-state index is -0.280. The molecule has 132 valence electrons. The minimum Gasteiger partial charge on any atom is -0.355 e. The van der Waals surface area contributed by atoms with Gasteiger partial charge in [-0.05, 0) is 18.6 Å². The van der Waals surface area contributed by atoms with Crippen molar-refractivity contribution in [3.05, 3.63) is 46.2 Å². The fraction of sp³-hybridized carbons (Fsp3) is 0.444. The Morgan fingerprint density at radius 2 is 2.28 bits per heavy atom. The number of nitrogens with zero attached hydrogens (tertiary/aromatic N) is 3. The summed E-state index contributed by atoms with van der Waals surface area (Å²) in [6.07, 6.45) is 3.64. The van der Waals surface area contributed by atoms with Crippen LogP contribution in [0.15, 0.2) is 29.8 Å². The van der Waals surface area contributed by atoms with Crippen molar-refractivity contribution < 1.29 is 9.59 Å². The average Bonchev–Trinajstić information content (AvgIpc) is 3.23. The largest absolute Gasteiger partial charge is 0.355 e. The number of aromatic nitrogens is 2. The summed E-state index contributed by atoms with van der Waals surface area (Å²) in [5.41, 5.74) is 1.86. The summed E-state index contributed by atoms with van der Waals surface area (Å²) < 4.78 is 0. The minimum absolute atomic E-state index is 0.0119. The second-order valence-electron chi connectivity index (χ2n) is 6.12. The SMILES string of the molecule is CCc1nc(CCNC(=O)[C@@H]2CC(=O)N(Cc3ccccn3)C2)cs1. The van der Waals surface area contributed by atoms with Crippen molar-refractivity contribution in [2.75, 3.05) is 13.1 Å². The van der Waals surface area contributed by atoms with Crippen LogP contribution in [0.3, 0.4) is 0 Å². The van der Waals surface area contributed by atoms with E-state index in [0.29, 0.717) is 19.6 Å². The van der Waals surface area contributed by atoms with Gasteiger partial charge in [0.25, 0.3) is 0 Å². The Bertz CT molecular complexity index is 732. The van der Waals surface area contributed by atoms with Crippen molar-refractivity contribution in [3.8, 4) is 0 Å². The molecular weight excluding hydrogens is 336 g/mol. The predicted octanol–water partition coefficient (Wildman–Crippen LogP) is 1.81. The number of nitrogens with one attached hydrogen (secondary N) is 1. The van der Waals surface area contributed by atoms with Crippen LogP contribution in [0.25, 0.3) is 0 Å². The second-order valence-corrected chi connectivity index (χ2v) is 7.07. The number of pyridine rings is 1. The highest BCUT2D eigenvalue weighted by Crippen LogP contribution is 2.20. The Labute approximate surface area is 151 Å². The van der Waals surface area contributed by atoms with Gasteiger partial charge in [-0.2, -0.15) is 0 Å². The first-order valence-electron chi connectivity index (χ1n) is 8.54. The monoisotopic (exact) mass is 358 g/mol. The van der Waals surface area contributed by atoms with Gasteiger partial charge in [-0.25, -0.2) is 4.98 Å². The normalized spacial score (nSPS) is 17.1. The van der Waals surface area contributed by atoms with Crippen molar-refractivity contribution in [3.63, 3.8) is 0 Å². The Morgan fingerprint density at radius 3 is 3.00 bits per heavy atom. The number of carbonyl (C=O) groups is 2. The predicted molar refractivity (Wildman–Crippen MR) is 96.0 cm³/mol. The van der Waals surface area contributed by atoms with Crippen molar-refractivity contribution >= 4 is 23.2 Å². The first-order valence-corrected chi connectivity index (χ1v) is 9.42. The van der Waals surface area contributed by atoms with Gasteiger partial charge in [0.2, 0.25) is 11.8 Å². The highest BCUT2D eigenvalue weighted by Gasteiger charge is 2.34. The standard InChI is InChI=1S/C18H22N4O2S/c1-2-16-21-15(12-25-16)6-8-20-18(24)13-9-17(23)22(10-13)11-14-5-3-4-7-19-14/h3-5,7,12-13H,2,6,8-11H2,1H3,(H,20,24)/t13-/m1/s1. The van der Waals surface area contributed by atoms with Crippen LogP contribution >= 0.6 is 11.3 Å². The third kappa shape index (κ3) is 4.63. The number of carbonyl (C=O) groups excluding carboxylic acids is 2. The molecule has 1 N–H and O–H groups in total. The molecule has 0 saturated carbocycles. The maximum Gasteiger partial charge on any atom is 0.225 e. The lowest BCUT2D eigenvalue weighted by Crippen LogP contribution is -2.34. The van der Waals surface area contributed by atoms with Crippen LogP contribution in [-0.4, -0.2) is 39.8 Å². The summed E-state index contributed by atoms with van der Waals surface area (Å²) in [4.78, 5) is 34.9. The maximum absolute atomic E-state index is 12.3. The highest BCUT2D eigenvalue weighted by molar-refractivity contribution is 7.09. The molecule has 0 aliphatic carbocycles. The summed E-state index contributed by atoms with van der Waals surface area (Å²) >= 11 is 1.65. The molecule has 2 aromatic heterocycles. The van der Waals surface area contributed by atoms with Crippen LogP contribution in [0.2, 0.25) is 0 Å². The Morgan fingerprint density at radius 1 is 1.40 bits per heavy atom. The Kier molecular flexibility index (Phi) is 5.75. The number of rotatable bonds is 7. The summed E-state index contributed by atoms with van der Waals surface area (Å²) in [5, 5.41) is 6.10. The molecule has 0 unspecified atom stereocenters. The number of hydrogen-bond acceptors (Lipinski definition) is 5. The van der Waals surface area contributed by atoms with E-state index in [4.69, 9.17) is 0 Å². The van der Waals surface area contributed by atoms with Crippen molar-refractivity contribution in [2.45, 2.75) is 32.7 Å². The summed E-state index contributed by atoms with van der Waals surface area (Å²) in [6, 6.07) is 5.63. The number of thiazole rings is 1. The molecule has 6 nitrogen and oxygen atoms in total. The van der Waals surface area contributed by atoms with Crippen LogP contribution in [-0.2, 0) is 29.0 Å². The van der Waals surface area contributed by atoms with Gasteiger partial charge in [-0.1, -0.05) is 13.0 Å². The lowest BCUT2D eigenvalue weighted by molar-refractivity contribution is -0.129.